The van der Waals surface area contributed by atoms with E-state index >= 15 is 0 Å². The van der Waals surface area contributed by atoms with Crippen molar-refractivity contribution in [2.45, 2.75) is 18.9 Å². The number of carboxylic acids is 1. The van der Waals surface area contributed by atoms with Crippen LogP contribution in [0.25, 0.3) is 10.9 Å². The predicted octanol–water partition coefficient (Wildman–Crippen LogP) is 1.68. The maximum absolute atomic E-state index is 14.8. The number of nitrogens with zero attached hydrogens (tertiary/aromatic N) is 1. The van der Waals surface area contributed by atoms with Gasteiger partial charge in [0.05, 0.1) is 10.9 Å². The average molecular weight is 323 g/mol. The molecular formula is C15H15F2N3O3. The SMILES string of the molecule is NCCNc1c(F)cc2c(=O)c(C(=O)O)cn(C3CC3)c2c1F. The van der Waals surface area contributed by atoms with Crippen molar-refractivity contribution in [2.75, 3.05) is 18.4 Å². The van der Waals surface area contributed by atoms with Gasteiger partial charge in [-0.1, -0.05) is 0 Å². The molecule has 0 unspecified atom stereocenters. The van der Waals surface area contributed by atoms with E-state index in [1.165, 1.54) is 4.57 Å². The Hall–Kier alpha value is -2.48. The third-order valence-corrected chi connectivity index (χ3v) is 3.82. The minimum Gasteiger partial charge on any atom is -0.477 e. The topological polar surface area (TPSA) is 97.3 Å². The number of nitrogens with two attached hydrogens (primary N) is 1. The summed E-state index contributed by atoms with van der Waals surface area (Å²) >= 11 is 0. The smallest absolute Gasteiger partial charge is 0.341 e. The summed E-state index contributed by atoms with van der Waals surface area (Å²) in [5, 5.41) is 11.4. The zero-order valence-corrected chi connectivity index (χ0v) is 12.1. The van der Waals surface area contributed by atoms with E-state index in [9.17, 15) is 18.4 Å². The number of aromatic carboxylic acids is 1. The van der Waals surface area contributed by atoms with Crippen LogP contribution in [0.5, 0.6) is 0 Å². The quantitative estimate of drug-likeness (QED) is 0.778. The third kappa shape index (κ3) is 2.55. The molecule has 8 heteroatoms. The minimum absolute atomic E-state index is 0.0802. The summed E-state index contributed by atoms with van der Waals surface area (Å²) in [6.07, 6.45) is 2.64. The van der Waals surface area contributed by atoms with E-state index < -0.39 is 28.6 Å². The number of halogens is 2. The Morgan fingerprint density at radius 3 is 2.70 bits per heavy atom. The van der Waals surface area contributed by atoms with E-state index in [1.54, 1.807) is 0 Å². The highest BCUT2D eigenvalue weighted by Gasteiger charge is 2.29. The van der Waals surface area contributed by atoms with Gasteiger partial charge < -0.3 is 20.7 Å². The summed E-state index contributed by atoms with van der Waals surface area (Å²) in [6, 6.07) is 0.795. The highest BCUT2D eigenvalue weighted by atomic mass is 19.1. The molecule has 1 aliphatic rings. The second-order valence-electron chi connectivity index (χ2n) is 5.47. The first-order chi connectivity index (χ1) is 11.0. The van der Waals surface area contributed by atoms with Crippen LogP contribution >= 0.6 is 0 Å². The van der Waals surface area contributed by atoms with Gasteiger partial charge in [-0.25, -0.2) is 13.6 Å². The van der Waals surface area contributed by atoms with Crippen LogP contribution in [0.2, 0.25) is 0 Å². The molecule has 0 radical (unpaired) electrons. The number of pyridine rings is 1. The molecule has 0 saturated heterocycles. The lowest BCUT2D eigenvalue weighted by Crippen LogP contribution is -2.21. The van der Waals surface area contributed by atoms with Crippen LogP contribution in [0.1, 0.15) is 29.2 Å². The summed E-state index contributed by atoms with van der Waals surface area (Å²) in [6.45, 7) is 0.352. The minimum atomic E-state index is -1.42. The molecule has 0 aliphatic heterocycles. The molecule has 0 atom stereocenters. The van der Waals surface area contributed by atoms with E-state index in [4.69, 9.17) is 10.8 Å². The molecule has 0 spiro atoms. The lowest BCUT2D eigenvalue weighted by molar-refractivity contribution is 0.0695. The molecule has 23 heavy (non-hydrogen) atoms. The van der Waals surface area contributed by atoms with Crippen LogP contribution in [-0.2, 0) is 0 Å². The Morgan fingerprint density at radius 1 is 1.43 bits per heavy atom. The van der Waals surface area contributed by atoms with E-state index in [0.717, 1.165) is 25.1 Å². The van der Waals surface area contributed by atoms with Crippen molar-refractivity contribution in [1.82, 2.24) is 4.57 Å². The first-order valence-electron chi connectivity index (χ1n) is 7.19. The van der Waals surface area contributed by atoms with Gasteiger partial charge in [0.25, 0.3) is 0 Å². The van der Waals surface area contributed by atoms with E-state index in [0.29, 0.717) is 0 Å². The van der Waals surface area contributed by atoms with Crippen molar-refractivity contribution in [2.24, 2.45) is 5.73 Å². The average Bonchev–Trinajstić information content (AvgIpc) is 3.32. The summed E-state index contributed by atoms with van der Waals surface area (Å²) in [4.78, 5) is 23.4. The number of hydrogen-bond acceptors (Lipinski definition) is 4. The molecule has 1 aromatic heterocycles. The van der Waals surface area contributed by atoms with Crippen LogP contribution in [0.4, 0.5) is 14.5 Å². The molecule has 0 amide bonds. The van der Waals surface area contributed by atoms with Gasteiger partial charge in [-0.2, -0.15) is 0 Å². The fourth-order valence-corrected chi connectivity index (χ4v) is 2.59. The van der Waals surface area contributed by atoms with Crippen molar-refractivity contribution in [1.29, 1.82) is 0 Å². The summed E-state index contributed by atoms with van der Waals surface area (Å²) in [5.74, 6) is -3.28. The maximum atomic E-state index is 14.8. The lowest BCUT2D eigenvalue weighted by atomic mass is 10.1. The Bertz CT molecular complexity index is 859. The van der Waals surface area contributed by atoms with Gasteiger partial charge in [0.1, 0.15) is 17.1 Å². The second-order valence-corrected chi connectivity index (χ2v) is 5.47. The predicted molar refractivity (Wildman–Crippen MR) is 80.9 cm³/mol. The molecule has 1 saturated carbocycles. The number of hydrogen-bond donors (Lipinski definition) is 3. The number of rotatable bonds is 5. The Morgan fingerprint density at radius 2 is 2.13 bits per heavy atom. The van der Waals surface area contributed by atoms with Gasteiger partial charge in [0.2, 0.25) is 5.43 Å². The van der Waals surface area contributed by atoms with Gasteiger partial charge in [-0.05, 0) is 18.9 Å². The number of aromatic nitrogens is 1. The molecule has 3 rings (SSSR count). The number of benzene rings is 1. The fourth-order valence-electron chi connectivity index (χ4n) is 2.59. The molecule has 122 valence electrons. The van der Waals surface area contributed by atoms with Crippen LogP contribution in [0.15, 0.2) is 17.1 Å². The fraction of sp³-hybridized carbons (Fsp3) is 0.333. The molecule has 1 heterocycles. The highest BCUT2D eigenvalue weighted by molar-refractivity contribution is 5.93. The molecule has 1 aliphatic carbocycles. The molecular weight excluding hydrogens is 308 g/mol. The zero-order valence-electron chi connectivity index (χ0n) is 12.1. The summed E-state index contributed by atoms with van der Waals surface area (Å²) in [5.41, 5.74) is 3.49. The van der Waals surface area contributed by atoms with Crippen molar-refractivity contribution in [3.63, 3.8) is 0 Å². The first-order valence-corrected chi connectivity index (χ1v) is 7.19. The second kappa shape index (κ2) is 5.62. The normalized spacial score (nSPS) is 14.2. The molecule has 0 bridgehead atoms. The van der Waals surface area contributed by atoms with Crippen molar-refractivity contribution in [3.05, 3.63) is 39.7 Å². The number of fused-ring (bicyclic) bond motifs is 1. The standard InChI is InChI=1S/C15H15F2N3O3/c16-10-5-8-13(11(17)12(10)19-4-3-18)20(7-1-2-7)6-9(14(8)21)15(22)23/h5-7,19H,1-4,18H2,(H,22,23). The van der Waals surface area contributed by atoms with Gasteiger partial charge in [-0.3, -0.25) is 4.79 Å². The van der Waals surface area contributed by atoms with Crippen LogP contribution in [0.3, 0.4) is 0 Å². The van der Waals surface area contributed by atoms with Crippen LogP contribution < -0.4 is 16.5 Å². The summed E-state index contributed by atoms with van der Waals surface area (Å²) in [7, 11) is 0. The van der Waals surface area contributed by atoms with Gasteiger partial charge in [0, 0.05) is 25.3 Å². The van der Waals surface area contributed by atoms with Crippen molar-refractivity contribution in [3.8, 4) is 0 Å². The van der Waals surface area contributed by atoms with E-state index in [2.05, 4.69) is 5.32 Å². The van der Waals surface area contributed by atoms with Crippen molar-refractivity contribution < 1.29 is 18.7 Å². The first kappa shape index (κ1) is 15.4. The largest absolute Gasteiger partial charge is 0.477 e. The third-order valence-electron chi connectivity index (χ3n) is 3.82. The number of carbonyl (C=O) groups is 1. The van der Waals surface area contributed by atoms with E-state index in [-0.39, 0.29) is 35.7 Å². The molecule has 6 nitrogen and oxygen atoms in total. The molecule has 1 fully saturated rings. The highest BCUT2D eigenvalue weighted by Crippen LogP contribution is 2.38. The number of anilines is 1. The Kier molecular flexibility index (Phi) is 3.77. The van der Waals surface area contributed by atoms with Gasteiger partial charge in [-0.15, -0.1) is 0 Å². The van der Waals surface area contributed by atoms with Crippen LogP contribution in [0, 0.1) is 11.6 Å². The molecule has 4 N–H and O–H groups in total. The number of nitrogens with one attached hydrogen (secondary N) is 1. The van der Waals surface area contributed by atoms with Gasteiger partial charge >= 0.3 is 5.97 Å². The Balaban J connectivity index is 2.35. The monoisotopic (exact) mass is 323 g/mol. The molecule has 1 aromatic carbocycles. The maximum Gasteiger partial charge on any atom is 0.341 e. The Labute approximate surface area is 129 Å². The van der Waals surface area contributed by atoms with Crippen LogP contribution in [-0.4, -0.2) is 28.7 Å². The number of carboxylic acid groups (broad SMARTS) is 1. The molecule has 2 aromatic rings. The summed E-state index contributed by atoms with van der Waals surface area (Å²) < 4.78 is 30.3. The van der Waals surface area contributed by atoms with Gasteiger partial charge in [0.15, 0.2) is 5.82 Å². The van der Waals surface area contributed by atoms with Crippen molar-refractivity contribution >= 4 is 22.6 Å². The van der Waals surface area contributed by atoms with E-state index in [1.807, 2.05) is 0 Å². The lowest BCUT2D eigenvalue weighted by Gasteiger charge is -2.15. The zero-order chi connectivity index (χ0) is 16.7.